The molecule has 4 rings (SSSR count). The van der Waals surface area contributed by atoms with Crippen LogP contribution in [-0.4, -0.2) is 33.4 Å². The number of hydrogen-bond donors (Lipinski definition) is 2. The number of pyridine rings is 1. The molecule has 31 heavy (non-hydrogen) atoms. The first kappa shape index (κ1) is 21.0. The highest BCUT2D eigenvalue weighted by atomic mass is 32.2. The van der Waals surface area contributed by atoms with E-state index in [1.165, 1.54) is 12.4 Å². The molecule has 3 aromatic heterocycles. The Labute approximate surface area is 181 Å². The van der Waals surface area contributed by atoms with Crippen LogP contribution in [0.2, 0.25) is 0 Å². The highest BCUT2D eigenvalue weighted by Crippen LogP contribution is 2.32. The van der Waals surface area contributed by atoms with Gasteiger partial charge < -0.3 is 0 Å². The van der Waals surface area contributed by atoms with Gasteiger partial charge in [0.2, 0.25) is 0 Å². The highest BCUT2D eigenvalue weighted by molar-refractivity contribution is 7.92. The number of fused-ring (bicyclic) bond motifs is 1. The van der Waals surface area contributed by atoms with E-state index in [0.29, 0.717) is 11.0 Å². The Morgan fingerprint density at radius 3 is 2.32 bits per heavy atom. The monoisotopic (exact) mass is 438 g/mol. The molecule has 8 nitrogen and oxygen atoms in total. The fourth-order valence-corrected chi connectivity index (χ4v) is 4.65. The Balaban J connectivity index is 1.98. The summed E-state index contributed by atoms with van der Waals surface area (Å²) in [6, 6.07) is 7.95. The molecule has 162 valence electrons. The maximum Gasteiger partial charge on any atom is 0.266 e. The summed E-state index contributed by atoms with van der Waals surface area (Å²) in [5, 5.41) is 11.5. The van der Waals surface area contributed by atoms with Gasteiger partial charge in [0, 0.05) is 17.3 Å². The van der Waals surface area contributed by atoms with Gasteiger partial charge in [-0.3, -0.25) is 9.82 Å². The van der Waals surface area contributed by atoms with Gasteiger partial charge in [0.15, 0.2) is 11.5 Å². The van der Waals surface area contributed by atoms with Gasteiger partial charge in [-0.1, -0.05) is 38.5 Å². The van der Waals surface area contributed by atoms with Crippen molar-refractivity contribution in [3.8, 4) is 5.69 Å². The second-order valence-corrected chi connectivity index (χ2v) is 10.5. The van der Waals surface area contributed by atoms with Crippen molar-refractivity contribution < 1.29 is 8.42 Å². The Bertz CT molecular complexity index is 1360. The number of aryl methyl sites for hydroxylation is 3. The fraction of sp³-hybridized carbons (Fsp3) is 0.318. The molecule has 0 bridgehead atoms. The van der Waals surface area contributed by atoms with Crippen LogP contribution in [0.5, 0.6) is 0 Å². The fourth-order valence-electron chi connectivity index (χ4n) is 3.72. The van der Waals surface area contributed by atoms with Crippen LogP contribution >= 0.6 is 0 Å². The van der Waals surface area contributed by atoms with Crippen LogP contribution in [0.15, 0.2) is 41.6 Å². The predicted octanol–water partition coefficient (Wildman–Crippen LogP) is 4.17. The van der Waals surface area contributed by atoms with Crippen molar-refractivity contribution in [3.63, 3.8) is 0 Å². The smallest absolute Gasteiger partial charge is 0.266 e. The van der Waals surface area contributed by atoms with Gasteiger partial charge in [0.05, 0.1) is 17.3 Å². The van der Waals surface area contributed by atoms with E-state index in [1.54, 1.807) is 4.68 Å². The first-order valence-electron chi connectivity index (χ1n) is 9.97. The van der Waals surface area contributed by atoms with Crippen LogP contribution in [0.3, 0.4) is 0 Å². The minimum Gasteiger partial charge on any atom is -0.284 e. The number of benzene rings is 1. The summed E-state index contributed by atoms with van der Waals surface area (Å²) in [4.78, 5) is 4.93. The lowest BCUT2D eigenvalue weighted by molar-refractivity contribution is 0.570. The zero-order chi connectivity index (χ0) is 22.6. The molecule has 0 spiro atoms. The molecule has 0 aliphatic rings. The minimum absolute atomic E-state index is 0.0390. The average Bonchev–Trinajstić information content (AvgIpc) is 3.29. The normalized spacial score (nSPS) is 12.5. The van der Waals surface area contributed by atoms with Crippen molar-refractivity contribution in [1.82, 2.24) is 25.0 Å². The predicted molar refractivity (Wildman–Crippen MR) is 121 cm³/mol. The number of aromatic amines is 1. The molecule has 0 aliphatic carbocycles. The third-order valence-electron chi connectivity index (χ3n) is 5.16. The number of nitrogens with zero attached hydrogens (tertiary/aromatic N) is 4. The molecule has 0 saturated heterocycles. The van der Waals surface area contributed by atoms with Crippen molar-refractivity contribution in [2.75, 3.05) is 4.72 Å². The number of aromatic nitrogens is 5. The van der Waals surface area contributed by atoms with Gasteiger partial charge in [0.1, 0.15) is 4.90 Å². The van der Waals surface area contributed by atoms with Gasteiger partial charge in [-0.15, -0.1) is 5.10 Å². The summed E-state index contributed by atoms with van der Waals surface area (Å²) in [5.74, 6) is 0.225. The molecule has 0 aliphatic heterocycles. The van der Waals surface area contributed by atoms with E-state index in [1.807, 2.05) is 32.9 Å². The number of H-pyrrole nitrogens is 1. The van der Waals surface area contributed by atoms with E-state index < -0.39 is 10.0 Å². The molecular weight excluding hydrogens is 412 g/mol. The Morgan fingerprint density at radius 1 is 1.06 bits per heavy atom. The Hall–Kier alpha value is -3.20. The molecule has 0 unspecified atom stereocenters. The van der Waals surface area contributed by atoms with Crippen molar-refractivity contribution in [1.29, 1.82) is 0 Å². The van der Waals surface area contributed by atoms with Crippen LogP contribution in [0, 0.1) is 20.8 Å². The number of hydrogen-bond acceptors (Lipinski definition) is 5. The SMILES string of the molecule is Cc1cc(C)c(-n2nc(NS(=O)(=O)c3cn[nH]c3)c3ccc(C(C)(C)C)nc32)c(C)c1. The first-order valence-corrected chi connectivity index (χ1v) is 11.5. The van der Waals surface area contributed by atoms with E-state index in [-0.39, 0.29) is 16.1 Å². The largest absolute Gasteiger partial charge is 0.284 e. The molecule has 0 amide bonds. The van der Waals surface area contributed by atoms with E-state index in [4.69, 9.17) is 4.98 Å². The molecule has 4 aromatic rings. The quantitative estimate of drug-likeness (QED) is 0.497. The van der Waals surface area contributed by atoms with Gasteiger partial charge in [-0.05, 0) is 44.0 Å². The number of nitrogens with one attached hydrogen (secondary N) is 2. The molecule has 3 heterocycles. The summed E-state index contributed by atoms with van der Waals surface area (Å²) in [6.07, 6.45) is 2.58. The summed E-state index contributed by atoms with van der Waals surface area (Å²) < 4.78 is 30.0. The van der Waals surface area contributed by atoms with Crippen LogP contribution < -0.4 is 4.72 Å². The standard InChI is InChI=1S/C22H26N6O2S/c1-13-9-14(2)19(15(3)10-13)28-21-17(7-8-18(25-21)22(4,5)6)20(26-28)27-31(29,30)16-11-23-24-12-16/h7-12H,1-6H3,(H,23,24)(H,26,27). The van der Waals surface area contributed by atoms with Crippen molar-refractivity contribution in [2.24, 2.45) is 0 Å². The number of sulfonamides is 1. The lowest BCUT2D eigenvalue weighted by Crippen LogP contribution is -2.14. The van der Waals surface area contributed by atoms with Crippen molar-refractivity contribution >= 4 is 26.9 Å². The molecular formula is C22H26N6O2S. The summed E-state index contributed by atoms with van der Waals surface area (Å²) in [5.41, 5.74) is 5.45. The zero-order valence-corrected chi connectivity index (χ0v) is 19.3. The third kappa shape index (κ3) is 3.81. The summed E-state index contributed by atoms with van der Waals surface area (Å²) in [6.45, 7) is 12.4. The van der Waals surface area contributed by atoms with Crippen molar-refractivity contribution in [2.45, 2.75) is 51.9 Å². The minimum atomic E-state index is -3.84. The van der Waals surface area contributed by atoms with E-state index in [2.05, 4.69) is 52.9 Å². The average molecular weight is 439 g/mol. The maximum absolute atomic E-state index is 12.8. The van der Waals surface area contributed by atoms with Gasteiger partial charge >= 0.3 is 0 Å². The zero-order valence-electron chi connectivity index (χ0n) is 18.5. The number of rotatable bonds is 4. The van der Waals surface area contributed by atoms with Gasteiger partial charge in [0.25, 0.3) is 10.0 Å². The van der Waals surface area contributed by atoms with Crippen molar-refractivity contribution in [3.05, 3.63) is 59.0 Å². The first-order chi connectivity index (χ1) is 14.5. The van der Waals surface area contributed by atoms with Gasteiger partial charge in [-0.25, -0.2) is 18.1 Å². The Kier molecular flexibility index (Phi) is 4.88. The second kappa shape index (κ2) is 7.19. The second-order valence-electron chi connectivity index (χ2n) is 8.86. The molecule has 0 radical (unpaired) electrons. The van der Waals surface area contributed by atoms with Crippen LogP contribution in [0.25, 0.3) is 16.7 Å². The highest BCUT2D eigenvalue weighted by Gasteiger charge is 2.24. The molecule has 2 N–H and O–H groups in total. The lowest BCUT2D eigenvalue weighted by atomic mass is 9.91. The van der Waals surface area contributed by atoms with Crippen LogP contribution in [0.4, 0.5) is 5.82 Å². The topological polar surface area (TPSA) is 106 Å². The molecule has 1 aromatic carbocycles. The lowest BCUT2D eigenvalue weighted by Gasteiger charge is -2.18. The molecule has 0 saturated carbocycles. The summed E-state index contributed by atoms with van der Waals surface area (Å²) >= 11 is 0. The molecule has 0 fully saturated rings. The molecule has 9 heteroatoms. The third-order valence-corrected chi connectivity index (χ3v) is 6.47. The Morgan fingerprint density at radius 2 is 1.74 bits per heavy atom. The van der Waals surface area contributed by atoms with E-state index in [9.17, 15) is 8.42 Å². The summed E-state index contributed by atoms with van der Waals surface area (Å²) in [7, 11) is -3.84. The van der Waals surface area contributed by atoms with Crippen LogP contribution in [-0.2, 0) is 15.4 Å². The van der Waals surface area contributed by atoms with Gasteiger partial charge in [-0.2, -0.15) is 5.10 Å². The maximum atomic E-state index is 12.8. The number of anilines is 1. The van der Waals surface area contributed by atoms with Crippen LogP contribution in [0.1, 0.15) is 43.2 Å². The molecule has 0 atom stereocenters. The van der Waals surface area contributed by atoms with E-state index in [0.717, 1.165) is 28.1 Å². The van der Waals surface area contributed by atoms with E-state index >= 15 is 0 Å².